The number of thiophene rings is 1. The van der Waals surface area contributed by atoms with E-state index in [1.807, 2.05) is 0 Å². The van der Waals surface area contributed by atoms with Crippen molar-refractivity contribution in [3.05, 3.63) is 51.7 Å². The van der Waals surface area contributed by atoms with E-state index in [9.17, 15) is 14.4 Å². The molecular weight excluding hydrogens is 328 g/mol. The molecule has 2 amide bonds. The van der Waals surface area contributed by atoms with Gasteiger partial charge in [0.15, 0.2) is 0 Å². The molecule has 1 aromatic heterocycles. The van der Waals surface area contributed by atoms with Crippen molar-refractivity contribution in [3.63, 3.8) is 0 Å². The fourth-order valence-corrected chi connectivity index (χ4v) is 2.92. The van der Waals surface area contributed by atoms with Gasteiger partial charge in [-0.3, -0.25) is 9.59 Å². The van der Waals surface area contributed by atoms with Gasteiger partial charge < -0.3 is 15.4 Å². The molecule has 1 aromatic carbocycles. The zero-order chi connectivity index (χ0) is 17.1. The number of carbonyl (C=O) groups excluding carboxylic acids is 3. The van der Waals surface area contributed by atoms with E-state index in [-0.39, 0.29) is 17.9 Å². The summed E-state index contributed by atoms with van der Waals surface area (Å²) < 4.78 is 4.62. The highest BCUT2D eigenvalue weighted by molar-refractivity contribution is 7.16. The topological polar surface area (TPSA) is 84.5 Å². The van der Waals surface area contributed by atoms with Crippen LogP contribution in [-0.2, 0) is 4.74 Å². The number of nitrogens with one attached hydrogen (secondary N) is 2. The molecule has 0 bridgehead atoms. The molecule has 1 aliphatic carbocycles. The molecule has 7 heteroatoms. The Morgan fingerprint density at radius 2 is 1.83 bits per heavy atom. The quantitative estimate of drug-likeness (QED) is 0.817. The summed E-state index contributed by atoms with van der Waals surface area (Å²) in [4.78, 5) is 36.5. The summed E-state index contributed by atoms with van der Waals surface area (Å²) >= 11 is 1.05. The maximum Gasteiger partial charge on any atom is 0.348 e. The lowest BCUT2D eigenvalue weighted by molar-refractivity contribution is 0.0606. The highest BCUT2D eigenvalue weighted by atomic mass is 32.1. The predicted molar refractivity (Wildman–Crippen MR) is 90.5 cm³/mol. The maximum absolute atomic E-state index is 12.3. The van der Waals surface area contributed by atoms with Crippen molar-refractivity contribution in [2.24, 2.45) is 0 Å². The van der Waals surface area contributed by atoms with Crippen LogP contribution in [0.4, 0.5) is 5.69 Å². The van der Waals surface area contributed by atoms with Gasteiger partial charge in [0, 0.05) is 17.3 Å². The Morgan fingerprint density at radius 3 is 2.54 bits per heavy atom. The summed E-state index contributed by atoms with van der Waals surface area (Å²) in [5, 5.41) is 5.64. The molecule has 1 heterocycles. The monoisotopic (exact) mass is 344 g/mol. The van der Waals surface area contributed by atoms with E-state index >= 15 is 0 Å². The van der Waals surface area contributed by atoms with Gasteiger partial charge >= 0.3 is 5.97 Å². The Labute approximate surface area is 142 Å². The van der Waals surface area contributed by atoms with Crippen LogP contribution in [-0.4, -0.2) is 30.9 Å². The van der Waals surface area contributed by atoms with Crippen LogP contribution in [0.3, 0.4) is 0 Å². The van der Waals surface area contributed by atoms with Gasteiger partial charge in [0.1, 0.15) is 4.88 Å². The molecule has 3 rings (SSSR count). The van der Waals surface area contributed by atoms with Crippen molar-refractivity contribution in [2.75, 3.05) is 12.4 Å². The van der Waals surface area contributed by atoms with Gasteiger partial charge in [0.05, 0.1) is 12.0 Å². The molecule has 6 nitrogen and oxygen atoms in total. The zero-order valence-corrected chi connectivity index (χ0v) is 13.8. The van der Waals surface area contributed by atoms with Gasteiger partial charge in [-0.2, -0.15) is 0 Å². The fourth-order valence-electron chi connectivity index (χ4n) is 2.10. The molecule has 0 spiro atoms. The minimum absolute atomic E-state index is 0.141. The Kier molecular flexibility index (Phi) is 4.61. The van der Waals surface area contributed by atoms with Crippen molar-refractivity contribution in [1.82, 2.24) is 5.32 Å². The lowest BCUT2D eigenvalue weighted by Gasteiger charge is -2.07. The Hall–Kier alpha value is -2.67. The van der Waals surface area contributed by atoms with Crippen LogP contribution >= 0.6 is 11.3 Å². The van der Waals surface area contributed by atoms with E-state index in [1.54, 1.807) is 36.4 Å². The van der Waals surface area contributed by atoms with Crippen LogP contribution in [0.1, 0.15) is 42.5 Å². The van der Waals surface area contributed by atoms with Crippen LogP contribution in [0.2, 0.25) is 0 Å². The average Bonchev–Trinajstić information content (AvgIpc) is 3.26. The molecule has 1 fully saturated rings. The SMILES string of the molecule is COC(=O)c1ccc(C(=O)Nc2cccc(C(=O)NC3CC3)c2)s1. The van der Waals surface area contributed by atoms with Crippen LogP contribution < -0.4 is 10.6 Å². The van der Waals surface area contributed by atoms with E-state index in [1.165, 1.54) is 7.11 Å². The molecule has 0 radical (unpaired) electrons. The number of hydrogen-bond donors (Lipinski definition) is 2. The van der Waals surface area contributed by atoms with Crippen molar-refractivity contribution in [3.8, 4) is 0 Å². The molecule has 2 N–H and O–H groups in total. The first-order valence-electron chi connectivity index (χ1n) is 7.47. The summed E-state index contributed by atoms with van der Waals surface area (Å²) in [6.07, 6.45) is 2.03. The van der Waals surface area contributed by atoms with Crippen molar-refractivity contribution in [2.45, 2.75) is 18.9 Å². The molecule has 0 unspecified atom stereocenters. The average molecular weight is 344 g/mol. The standard InChI is InChI=1S/C17H16N2O4S/c1-23-17(22)14-8-7-13(24-14)16(21)19-12-4-2-3-10(9-12)15(20)18-11-5-6-11/h2-4,7-9,11H,5-6H2,1H3,(H,18,20)(H,19,21). The third kappa shape index (κ3) is 3.80. The van der Waals surface area contributed by atoms with E-state index in [4.69, 9.17) is 0 Å². The highest BCUT2D eigenvalue weighted by Gasteiger charge is 2.24. The van der Waals surface area contributed by atoms with Crippen LogP contribution in [0.25, 0.3) is 0 Å². The van der Waals surface area contributed by atoms with Crippen LogP contribution in [0, 0.1) is 0 Å². The second kappa shape index (κ2) is 6.84. The summed E-state index contributed by atoms with van der Waals surface area (Å²) in [6.45, 7) is 0. The normalized spacial score (nSPS) is 13.2. The molecule has 0 saturated heterocycles. The largest absolute Gasteiger partial charge is 0.465 e. The Balaban J connectivity index is 1.68. The number of hydrogen-bond acceptors (Lipinski definition) is 5. The smallest absolute Gasteiger partial charge is 0.348 e. The second-order valence-corrected chi connectivity index (χ2v) is 6.52. The fraction of sp³-hybridized carbons (Fsp3) is 0.235. The number of ether oxygens (including phenoxy) is 1. The van der Waals surface area contributed by atoms with Gasteiger partial charge in [-0.15, -0.1) is 11.3 Å². The van der Waals surface area contributed by atoms with E-state index in [0.29, 0.717) is 21.0 Å². The summed E-state index contributed by atoms with van der Waals surface area (Å²) in [7, 11) is 1.29. The van der Waals surface area contributed by atoms with Gasteiger partial charge in [-0.1, -0.05) is 6.07 Å². The maximum atomic E-state index is 12.3. The molecule has 0 aliphatic heterocycles. The molecule has 1 aliphatic rings. The minimum Gasteiger partial charge on any atom is -0.465 e. The zero-order valence-electron chi connectivity index (χ0n) is 13.0. The molecule has 124 valence electrons. The number of rotatable bonds is 5. The van der Waals surface area contributed by atoms with E-state index in [2.05, 4.69) is 15.4 Å². The van der Waals surface area contributed by atoms with Crippen molar-refractivity contribution < 1.29 is 19.1 Å². The van der Waals surface area contributed by atoms with Gasteiger partial charge in [-0.05, 0) is 43.2 Å². The first kappa shape index (κ1) is 16.2. The van der Waals surface area contributed by atoms with Gasteiger partial charge in [0.2, 0.25) is 0 Å². The number of methoxy groups -OCH3 is 1. The number of amides is 2. The Morgan fingerprint density at radius 1 is 1.08 bits per heavy atom. The first-order chi connectivity index (χ1) is 11.6. The number of carbonyl (C=O) groups is 3. The van der Waals surface area contributed by atoms with Gasteiger partial charge in [-0.25, -0.2) is 4.79 Å². The summed E-state index contributed by atoms with van der Waals surface area (Å²) in [5.74, 6) is -0.953. The first-order valence-corrected chi connectivity index (χ1v) is 8.29. The van der Waals surface area contributed by atoms with Crippen molar-refractivity contribution >= 4 is 34.8 Å². The molecule has 24 heavy (non-hydrogen) atoms. The Bertz CT molecular complexity index is 795. The molecular formula is C17H16N2O4S. The predicted octanol–water partition coefficient (Wildman–Crippen LogP) is 2.68. The van der Waals surface area contributed by atoms with E-state index < -0.39 is 5.97 Å². The number of benzene rings is 1. The third-order valence-electron chi connectivity index (χ3n) is 3.51. The minimum atomic E-state index is -0.474. The molecule has 1 saturated carbocycles. The molecule has 2 aromatic rings. The highest BCUT2D eigenvalue weighted by Crippen LogP contribution is 2.21. The summed E-state index contributed by atoms with van der Waals surface area (Å²) in [5.41, 5.74) is 1.03. The molecule has 0 atom stereocenters. The number of anilines is 1. The lowest BCUT2D eigenvalue weighted by Crippen LogP contribution is -2.25. The summed E-state index contributed by atoms with van der Waals surface area (Å²) in [6, 6.07) is 10.1. The van der Waals surface area contributed by atoms with Crippen LogP contribution in [0.5, 0.6) is 0 Å². The lowest BCUT2D eigenvalue weighted by atomic mass is 10.2. The number of esters is 1. The van der Waals surface area contributed by atoms with Crippen molar-refractivity contribution in [1.29, 1.82) is 0 Å². The van der Waals surface area contributed by atoms with E-state index in [0.717, 1.165) is 24.2 Å². The second-order valence-electron chi connectivity index (χ2n) is 5.44. The van der Waals surface area contributed by atoms with Crippen LogP contribution in [0.15, 0.2) is 36.4 Å². The van der Waals surface area contributed by atoms with Gasteiger partial charge in [0.25, 0.3) is 11.8 Å². The third-order valence-corrected chi connectivity index (χ3v) is 4.58.